The summed E-state index contributed by atoms with van der Waals surface area (Å²) in [7, 11) is 1.69. The fourth-order valence-electron chi connectivity index (χ4n) is 2.63. The van der Waals surface area contributed by atoms with E-state index in [4.69, 9.17) is 10.5 Å². The maximum Gasteiger partial charge on any atom is 0.196 e. The molecule has 0 radical (unpaired) electrons. The van der Waals surface area contributed by atoms with Crippen molar-refractivity contribution < 1.29 is 4.74 Å². The molecular weight excluding hydrogens is 282 g/mol. The first-order chi connectivity index (χ1) is 10.0. The van der Waals surface area contributed by atoms with Crippen molar-refractivity contribution in [3.05, 3.63) is 34.8 Å². The number of hydrogen-bond donors (Lipinski definition) is 1. The smallest absolute Gasteiger partial charge is 0.196 e. The number of rotatable bonds is 3. The fraction of sp³-hybridized carbons (Fsp3) is 0.312. The Balaban J connectivity index is 2.34. The Labute approximate surface area is 128 Å². The molecule has 0 aliphatic heterocycles. The zero-order valence-electron chi connectivity index (χ0n) is 12.7. The van der Waals surface area contributed by atoms with Crippen LogP contribution in [0.4, 0.5) is 5.82 Å². The van der Waals surface area contributed by atoms with E-state index in [-0.39, 0.29) is 0 Å². The molecule has 0 saturated heterocycles. The van der Waals surface area contributed by atoms with Crippen molar-refractivity contribution in [3.63, 3.8) is 0 Å². The molecule has 2 N–H and O–H groups in total. The van der Waals surface area contributed by atoms with Crippen LogP contribution in [0.2, 0.25) is 0 Å². The van der Waals surface area contributed by atoms with Crippen molar-refractivity contribution >= 4 is 22.1 Å². The lowest BCUT2D eigenvalue weighted by atomic mass is 10.1. The van der Waals surface area contributed by atoms with Gasteiger partial charge in [-0.3, -0.25) is 4.40 Å². The number of aromatic nitrogens is 2. The summed E-state index contributed by atoms with van der Waals surface area (Å²) >= 11 is 1.66. The van der Waals surface area contributed by atoms with Crippen LogP contribution in [0, 0.1) is 6.92 Å². The fourth-order valence-corrected chi connectivity index (χ4v) is 3.63. The first-order valence-electron chi connectivity index (χ1n) is 6.95. The van der Waals surface area contributed by atoms with Crippen molar-refractivity contribution in [2.24, 2.45) is 0 Å². The topological polar surface area (TPSA) is 52.5 Å². The van der Waals surface area contributed by atoms with Crippen LogP contribution >= 0.6 is 11.3 Å². The van der Waals surface area contributed by atoms with Gasteiger partial charge in [0.25, 0.3) is 0 Å². The number of anilines is 1. The van der Waals surface area contributed by atoms with Crippen LogP contribution in [0.25, 0.3) is 16.2 Å². The number of aryl methyl sites for hydroxylation is 1. The van der Waals surface area contributed by atoms with Crippen molar-refractivity contribution in [1.82, 2.24) is 9.38 Å². The summed E-state index contributed by atoms with van der Waals surface area (Å²) in [6.07, 6.45) is 0. The number of nitrogens with two attached hydrogens (primary N) is 1. The van der Waals surface area contributed by atoms with Gasteiger partial charge in [-0.2, -0.15) is 0 Å². The first-order valence-corrected chi connectivity index (χ1v) is 7.76. The van der Waals surface area contributed by atoms with Gasteiger partial charge in [0.05, 0.1) is 18.5 Å². The second-order valence-corrected chi connectivity index (χ2v) is 6.54. The third-order valence-electron chi connectivity index (χ3n) is 3.62. The summed E-state index contributed by atoms with van der Waals surface area (Å²) in [5, 5.41) is 0. The maximum absolute atomic E-state index is 6.35. The molecule has 3 aromatic rings. The predicted molar refractivity (Wildman–Crippen MR) is 88.3 cm³/mol. The minimum atomic E-state index is 0.308. The van der Waals surface area contributed by atoms with Gasteiger partial charge in [-0.1, -0.05) is 26.0 Å². The molecule has 5 heteroatoms. The van der Waals surface area contributed by atoms with Gasteiger partial charge in [-0.05, 0) is 25.0 Å². The number of para-hydroxylation sites is 1. The van der Waals surface area contributed by atoms with Crippen LogP contribution in [0.5, 0.6) is 5.75 Å². The molecule has 0 atom stereocenters. The Morgan fingerprint density at radius 3 is 2.67 bits per heavy atom. The summed E-state index contributed by atoms with van der Waals surface area (Å²) in [5.74, 6) is 1.88. The third-order valence-corrected chi connectivity index (χ3v) is 4.58. The monoisotopic (exact) mass is 301 g/mol. The van der Waals surface area contributed by atoms with Gasteiger partial charge in [0, 0.05) is 10.4 Å². The maximum atomic E-state index is 6.35. The van der Waals surface area contributed by atoms with E-state index in [0.717, 1.165) is 33.5 Å². The predicted octanol–water partition coefficient (Wildman–Crippen LogP) is 4.09. The second-order valence-electron chi connectivity index (χ2n) is 5.36. The molecule has 2 aromatic heterocycles. The third kappa shape index (κ3) is 2.08. The van der Waals surface area contributed by atoms with Crippen LogP contribution in [0.15, 0.2) is 24.3 Å². The second kappa shape index (κ2) is 5.07. The average molecular weight is 301 g/mol. The van der Waals surface area contributed by atoms with Crippen molar-refractivity contribution in [3.8, 4) is 17.0 Å². The molecule has 3 rings (SSSR count). The van der Waals surface area contributed by atoms with Gasteiger partial charge in [-0.15, -0.1) is 11.3 Å². The highest BCUT2D eigenvalue weighted by Gasteiger charge is 2.21. The van der Waals surface area contributed by atoms with E-state index in [1.165, 1.54) is 4.88 Å². The summed E-state index contributed by atoms with van der Waals surface area (Å²) in [6, 6.07) is 8.01. The van der Waals surface area contributed by atoms with Crippen molar-refractivity contribution in [2.45, 2.75) is 26.7 Å². The van der Waals surface area contributed by atoms with E-state index >= 15 is 0 Å². The molecule has 0 aliphatic rings. The number of nitrogens with zero attached hydrogens (tertiary/aromatic N) is 2. The van der Waals surface area contributed by atoms with Gasteiger partial charge in [0.15, 0.2) is 4.96 Å². The summed E-state index contributed by atoms with van der Waals surface area (Å²) in [6.45, 7) is 6.31. The number of ether oxygens (including phenoxy) is 1. The van der Waals surface area contributed by atoms with Crippen LogP contribution in [-0.2, 0) is 0 Å². The average Bonchev–Trinajstić information content (AvgIpc) is 2.95. The highest BCUT2D eigenvalue weighted by Crippen LogP contribution is 2.39. The molecule has 0 unspecified atom stereocenters. The first kappa shape index (κ1) is 13.9. The lowest BCUT2D eigenvalue weighted by Gasteiger charge is -2.10. The zero-order valence-corrected chi connectivity index (χ0v) is 13.5. The van der Waals surface area contributed by atoms with Crippen molar-refractivity contribution in [1.29, 1.82) is 0 Å². The number of imidazole rings is 1. The van der Waals surface area contributed by atoms with E-state index in [1.54, 1.807) is 18.4 Å². The van der Waals surface area contributed by atoms with E-state index in [1.807, 2.05) is 22.6 Å². The van der Waals surface area contributed by atoms with Crippen LogP contribution in [0.1, 0.15) is 30.3 Å². The van der Waals surface area contributed by atoms with Gasteiger partial charge in [-0.25, -0.2) is 4.98 Å². The molecule has 1 aromatic carbocycles. The summed E-state index contributed by atoms with van der Waals surface area (Å²) < 4.78 is 7.55. The van der Waals surface area contributed by atoms with E-state index in [9.17, 15) is 0 Å². The molecular formula is C16H19N3OS. The summed E-state index contributed by atoms with van der Waals surface area (Å²) in [5.41, 5.74) is 9.42. The molecule has 0 fully saturated rings. The van der Waals surface area contributed by atoms with Crippen molar-refractivity contribution in [2.75, 3.05) is 12.8 Å². The van der Waals surface area contributed by atoms with Gasteiger partial charge >= 0.3 is 0 Å². The molecule has 21 heavy (non-hydrogen) atoms. The largest absolute Gasteiger partial charge is 0.496 e. The number of thiazole rings is 1. The molecule has 4 nitrogen and oxygen atoms in total. The highest BCUT2D eigenvalue weighted by atomic mass is 32.1. The number of methoxy groups -OCH3 is 1. The molecule has 0 bridgehead atoms. The minimum absolute atomic E-state index is 0.308. The lowest BCUT2D eigenvalue weighted by molar-refractivity contribution is 0.416. The number of benzene rings is 1. The Morgan fingerprint density at radius 1 is 1.29 bits per heavy atom. The Bertz CT molecular complexity index is 801. The Hall–Kier alpha value is -2.01. The zero-order chi connectivity index (χ0) is 15.1. The quantitative estimate of drug-likeness (QED) is 0.793. The van der Waals surface area contributed by atoms with Gasteiger partial charge in [0.1, 0.15) is 11.6 Å². The standard InChI is InChI=1S/C16H19N3OS/c1-9(2)13-15(17)19-14(10(3)21-16(19)18-13)11-7-5-6-8-12(11)20-4/h5-9H,17H2,1-4H3. The van der Waals surface area contributed by atoms with E-state index in [2.05, 4.69) is 31.8 Å². The highest BCUT2D eigenvalue weighted by molar-refractivity contribution is 7.17. The molecule has 0 aliphatic carbocycles. The number of fused-ring (bicyclic) bond motifs is 1. The van der Waals surface area contributed by atoms with Gasteiger partial charge < -0.3 is 10.5 Å². The Morgan fingerprint density at radius 2 is 2.00 bits per heavy atom. The Kier molecular flexibility index (Phi) is 3.37. The van der Waals surface area contributed by atoms with Crippen LogP contribution < -0.4 is 10.5 Å². The summed E-state index contributed by atoms with van der Waals surface area (Å²) in [4.78, 5) is 6.81. The molecule has 0 amide bonds. The van der Waals surface area contributed by atoms with Crippen LogP contribution in [0.3, 0.4) is 0 Å². The van der Waals surface area contributed by atoms with E-state index in [0.29, 0.717) is 5.92 Å². The molecule has 0 saturated carbocycles. The van der Waals surface area contributed by atoms with Crippen LogP contribution in [-0.4, -0.2) is 16.5 Å². The molecule has 0 spiro atoms. The number of hydrogen-bond acceptors (Lipinski definition) is 4. The minimum Gasteiger partial charge on any atom is -0.496 e. The van der Waals surface area contributed by atoms with E-state index < -0.39 is 0 Å². The molecule has 2 heterocycles. The molecule has 110 valence electrons. The normalized spacial score (nSPS) is 11.5. The van der Waals surface area contributed by atoms with Gasteiger partial charge in [0.2, 0.25) is 0 Å². The lowest BCUT2D eigenvalue weighted by Crippen LogP contribution is -2.00. The SMILES string of the molecule is COc1ccccc1-c1c(C)sc2nc(C(C)C)c(N)n12. The number of nitrogen functional groups attached to an aromatic ring is 1.